The van der Waals surface area contributed by atoms with Crippen molar-refractivity contribution in [3.05, 3.63) is 57.1 Å². The average molecular weight is 338 g/mol. The van der Waals surface area contributed by atoms with Gasteiger partial charge >= 0.3 is 0 Å². The van der Waals surface area contributed by atoms with Crippen LogP contribution in [0.4, 0.5) is 5.69 Å². The lowest BCUT2D eigenvalue weighted by molar-refractivity contribution is 0.103. The Labute approximate surface area is 140 Å². The predicted octanol–water partition coefficient (Wildman–Crippen LogP) is 4.94. The highest BCUT2D eigenvalue weighted by Crippen LogP contribution is 2.32. The number of methoxy groups -OCH3 is 1. The van der Waals surface area contributed by atoms with E-state index in [9.17, 15) is 4.79 Å². The van der Waals surface area contributed by atoms with Crippen LogP contribution >= 0.6 is 23.2 Å². The number of anilines is 1. The molecule has 2 N–H and O–H groups in total. The lowest BCUT2D eigenvalue weighted by atomic mass is 9.95. The Morgan fingerprint density at radius 3 is 2.23 bits per heavy atom. The van der Waals surface area contributed by atoms with Gasteiger partial charge in [0.05, 0.1) is 22.7 Å². The van der Waals surface area contributed by atoms with Crippen LogP contribution in [0.25, 0.3) is 0 Å². The van der Waals surface area contributed by atoms with Crippen molar-refractivity contribution in [3.8, 4) is 5.75 Å². The monoisotopic (exact) mass is 337 g/mol. The standard InChI is InChI=1S/C17H17Cl2NO2/c1-9(2)12-6-10(4-5-15(12)22-3)17(21)16-13(18)7-11(20)8-14(16)19/h4-9H,20H2,1-3H3. The minimum atomic E-state index is -0.237. The van der Waals surface area contributed by atoms with Crippen molar-refractivity contribution in [1.82, 2.24) is 0 Å². The van der Waals surface area contributed by atoms with E-state index in [1.807, 2.05) is 19.9 Å². The SMILES string of the molecule is COc1ccc(C(=O)c2c(Cl)cc(N)cc2Cl)cc1C(C)C. The maximum Gasteiger partial charge on any atom is 0.196 e. The summed E-state index contributed by atoms with van der Waals surface area (Å²) < 4.78 is 5.33. The first-order valence-electron chi connectivity index (χ1n) is 6.82. The molecule has 2 rings (SSSR count). The molecular weight excluding hydrogens is 321 g/mol. The van der Waals surface area contributed by atoms with Crippen molar-refractivity contribution >= 4 is 34.7 Å². The van der Waals surface area contributed by atoms with Crippen LogP contribution in [-0.2, 0) is 0 Å². The highest BCUT2D eigenvalue weighted by atomic mass is 35.5. The van der Waals surface area contributed by atoms with Gasteiger partial charge in [-0.05, 0) is 41.8 Å². The summed E-state index contributed by atoms with van der Waals surface area (Å²) in [6, 6.07) is 8.34. The number of ketones is 1. The van der Waals surface area contributed by atoms with Crippen LogP contribution in [-0.4, -0.2) is 12.9 Å². The zero-order valence-corrected chi connectivity index (χ0v) is 14.1. The first kappa shape index (κ1) is 16.7. The van der Waals surface area contributed by atoms with Gasteiger partial charge in [0.25, 0.3) is 0 Å². The predicted molar refractivity (Wildman–Crippen MR) is 91.4 cm³/mol. The van der Waals surface area contributed by atoms with Crippen LogP contribution in [0.1, 0.15) is 41.3 Å². The van der Waals surface area contributed by atoms with Crippen molar-refractivity contribution < 1.29 is 9.53 Å². The minimum Gasteiger partial charge on any atom is -0.496 e. The van der Waals surface area contributed by atoms with Crippen LogP contribution in [0.2, 0.25) is 10.0 Å². The van der Waals surface area contributed by atoms with Gasteiger partial charge in [0.2, 0.25) is 0 Å². The molecular formula is C17H17Cl2NO2. The Hall–Kier alpha value is -1.71. The summed E-state index contributed by atoms with van der Waals surface area (Å²) in [4.78, 5) is 12.7. The molecule has 0 saturated heterocycles. The second kappa shape index (κ2) is 6.59. The molecule has 0 aliphatic carbocycles. The number of hydrogen-bond acceptors (Lipinski definition) is 3. The van der Waals surface area contributed by atoms with E-state index in [0.29, 0.717) is 11.3 Å². The fourth-order valence-electron chi connectivity index (χ4n) is 2.28. The number of benzene rings is 2. The van der Waals surface area contributed by atoms with Crippen molar-refractivity contribution in [1.29, 1.82) is 0 Å². The van der Waals surface area contributed by atoms with E-state index in [1.165, 1.54) is 12.1 Å². The largest absolute Gasteiger partial charge is 0.496 e. The van der Waals surface area contributed by atoms with Gasteiger partial charge in [0.1, 0.15) is 5.75 Å². The van der Waals surface area contributed by atoms with Gasteiger partial charge in [0.15, 0.2) is 5.78 Å². The van der Waals surface area contributed by atoms with Crippen LogP contribution in [0, 0.1) is 0 Å². The normalized spacial score (nSPS) is 10.8. The van der Waals surface area contributed by atoms with Gasteiger partial charge in [-0.2, -0.15) is 0 Å². The van der Waals surface area contributed by atoms with E-state index in [4.69, 9.17) is 33.7 Å². The molecule has 0 aliphatic heterocycles. The maximum atomic E-state index is 12.7. The zero-order chi connectivity index (χ0) is 16.4. The zero-order valence-electron chi connectivity index (χ0n) is 12.6. The molecule has 0 bridgehead atoms. The van der Waals surface area contributed by atoms with E-state index in [-0.39, 0.29) is 27.3 Å². The summed E-state index contributed by atoms with van der Waals surface area (Å²) in [5.74, 6) is 0.737. The summed E-state index contributed by atoms with van der Waals surface area (Å²) in [5, 5.41) is 0.494. The van der Waals surface area contributed by atoms with Crippen LogP contribution in [0.5, 0.6) is 5.75 Å². The summed E-state index contributed by atoms with van der Waals surface area (Å²) in [5.41, 5.74) is 7.82. The van der Waals surface area contributed by atoms with Crippen molar-refractivity contribution in [3.63, 3.8) is 0 Å². The Kier molecular flexibility index (Phi) is 4.99. The highest BCUT2D eigenvalue weighted by Gasteiger charge is 2.19. The molecule has 0 fully saturated rings. The van der Waals surface area contributed by atoms with Crippen LogP contribution < -0.4 is 10.5 Å². The van der Waals surface area contributed by atoms with Crippen LogP contribution in [0.3, 0.4) is 0 Å². The molecule has 0 aliphatic rings. The summed E-state index contributed by atoms with van der Waals surface area (Å²) in [6.07, 6.45) is 0. The topological polar surface area (TPSA) is 52.3 Å². The van der Waals surface area contributed by atoms with E-state index in [1.54, 1.807) is 19.2 Å². The molecule has 2 aromatic rings. The van der Waals surface area contributed by atoms with Crippen molar-refractivity contribution in [2.75, 3.05) is 12.8 Å². The number of rotatable bonds is 4. The number of nitrogen functional groups attached to an aromatic ring is 1. The van der Waals surface area contributed by atoms with Gasteiger partial charge < -0.3 is 10.5 Å². The molecule has 0 aromatic heterocycles. The lowest BCUT2D eigenvalue weighted by Crippen LogP contribution is -2.06. The van der Waals surface area contributed by atoms with Crippen molar-refractivity contribution in [2.45, 2.75) is 19.8 Å². The maximum absolute atomic E-state index is 12.7. The van der Waals surface area contributed by atoms with Crippen molar-refractivity contribution in [2.24, 2.45) is 0 Å². The van der Waals surface area contributed by atoms with Crippen LogP contribution in [0.15, 0.2) is 30.3 Å². The molecule has 0 radical (unpaired) electrons. The third-order valence-electron chi connectivity index (χ3n) is 3.41. The third-order valence-corrected chi connectivity index (χ3v) is 4.00. The number of carbonyl (C=O) groups excluding carboxylic acids is 1. The number of carbonyl (C=O) groups is 1. The Balaban J connectivity index is 2.53. The molecule has 0 amide bonds. The fourth-order valence-corrected chi connectivity index (χ4v) is 2.96. The minimum absolute atomic E-state index is 0.222. The van der Waals surface area contributed by atoms with E-state index in [0.717, 1.165) is 11.3 Å². The number of hydrogen-bond donors (Lipinski definition) is 1. The lowest BCUT2D eigenvalue weighted by Gasteiger charge is -2.14. The quantitative estimate of drug-likeness (QED) is 0.635. The van der Waals surface area contributed by atoms with E-state index < -0.39 is 0 Å². The molecule has 0 spiro atoms. The highest BCUT2D eigenvalue weighted by molar-refractivity contribution is 6.41. The first-order valence-corrected chi connectivity index (χ1v) is 7.58. The molecule has 3 nitrogen and oxygen atoms in total. The molecule has 0 saturated carbocycles. The second-order valence-electron chi connectivity index (χ2n) is 5.30. The Morgan fingerprint density at radius 2 is 1.73 bits per heavy atom. The molecule has 0 unspecified atom stereocenters. The van der Waals surface area contributed by atoms with E-state index in [2.05, 4.69) is 0 Å². The van der Waals surface area contributed by atoms with Gasteiger partial charge in [-0.1, -0.05) is 37.0 Å². The molecule has 5 heteroatoms. The summed E-state index contributed by atoms with van der Waals surface area (Å²) >= 11 is 12.3. The smallest absolute Gasteiger partial charge is 0.196 e. The number of nitrogens with two attached hydrogens (primary N) is 1. The second-order valence-corrected chi connectivity index (χ2v) is 6.11. The first-order chi connectivity index (χ1) is 10.3. The summed E-state index contributed by atoms with van der Waals surface area (Å²) in [7, 11) is 1.61. The van der Waals surface area contributed by atoms with Gasteiger partial charge in [-0.25, -0.2) is 0 Å². The number of ether oxygens (including phenoxy) is 1. The van der Waals surface area contributed by atoms with E-state index >= 15 is 0 Å². The molecule has 0 heterocycles. The molecule has 2 aromatic carbocycles. The fraction of sp³-hybridized carbons (Fsp3) is 0.235. The van der Waals surface area contributed by atoms with Gasteiger partial charge in [-0.3, -0.25) is 4.79 Å². The van der Waals surface area contributed by atoms with Gasteiger partial charge in [0, 0.05) is 11.3 Å². The molecule has 22 heavy (non-hydrogen) atoms. The molecule has 0 atom stereocenters. The Morgan fingerprint density at radius 1 is 1.14 bits per heavy atom. The number of halogens is 2. The third kappa shape index (κ3) is 3.21. The summed E-state index contributed by atoms with van der Waals surface area (Å²) in [6.45, 7) is 4.07. The molecule has 116 valence electrons. The van der Waals surface area contributed by atoms with Gasteiger partial charge in [-0.15, -0.1) is 0 Å². The average Bonchev–Trinajstić information content (AvgIpc) is 2.45. The Bertz CT molecular complexity index is 704.